The van der Waals surface area contributed by atoms with Crippen LogP contribution in [0.25, 0.3) is 5.57 Å². The summed E-state index contributed by atoms with van der Waals surface area (Å²) in [7, 11) is 0. The third-order valence-corrected chi connectivity index (χ3v) is 7.90. The molecule has 4 heteroatoms. The summed E-state index contributed by atoms with van der Waals surface area (Å²) in [6.45, 7) is 5.63. The minimum atomic E-state index is -0.422. The number of hydrogen-bond donors (Lipinski definition) is 0. The first-order valence-corrected chi connectivity index (χ1v) is 12.4. The van der Waals surface area contributed by atoms with E-state index in [1.807, 2.05) is 0 Å². The van der Waals surface area contributed by atoms with Crippen molar-refractivity contribution in [3.05, 3.63) is 118 Å². The molecule has 0 N–H and O–H groups in total. The molecule has 2 aliphatic carbocycles. The Morgan fingerprint density at radius 1 is 0.694 bits per heavy atom. The van der Waals surface area contributed by atoms with E-state index < -0.39 is 11.8 Å². The Morgan fingerprint density at radius 2 is 1.19 bits per heavy atom. The van der Waals surface area contributed by atoms with Crippen molar-refractivity contribution in [1.29, 1.82) is 0 Å². The van der Waals surface area contributed by atoms with Gasteiger partial charge in [-0.05, 0) is 55.2 Å². The number of aryl methyl sites for hydroxylation is 2. The summed E-state index contributed by atoms with van der Waals surface area (Å²) in [6.07, 6.45) is 4.23. The molecule has 2 amide bonds. The Balaban J connectivity index is 1.47. The molecule has 3 aliphatic rings. The normalized spacial score (nSPS) is 24.0. The van der Waals surface area contributed by atoms with Gasteiger partial charge in [0.05, 0.1) is 17.5 Å². The van der Waals surface area contributed by atoms with E-state index in [1.165, 1.54) is 23.0 Å². The van der Waals surface area contributed by atoms with Crippen LogP contribution in [0.2, 0.25) is 0 Å². The number of carbonyl (C=O) groups excluding carboxylic acids is 3. The Labute approximate surface area is 211 Å². The minimum Gasteiger partial charge on any atom is -0.295 e. The summed E-state index contributed by atoms with van der Waals surface area (Å²) in [5.41, 5.74) is 7.83. The average molecular weight is 474 g/mol. The standard InChI is InChI=1S/C32H27NO3/c1-18-7-11-21(12-8-18)27(22-13-9-19(2)10-14-22)28-25-15-16-26(28)30-29(25)31(35)33(32(30)36)24-6-4-5-23(17-24)20(3)34/h4-17,25-26,29-30H,1-3H3/t25-,26-,29-,30-/m1/s1. The van der Waals surface area contributed by atoms with Crippen LogP contribution in [0.15, 0.2) is 90.5 Å². The van der Waals surface area contributed by atoms with Gasteiger partial charge < -0.3 is 0 Å². The highest BCUT2D eigenvalue weighted by Gasteiger charge is 2.62. The zero-order valence-corrected chi connectivity index (χ0v) is 20.6. The van der Waals surface area contributed by atoms with E-state index in [0.29, 0.717) is 11.3 Å². The molecule has 1 saturated heterocycles. The summed E-state index contributed by atoms with van der Waals surface area (Å²) in [6, 6.07) is 23.8. The van der Waals surface area contributed by atoms with Gasteiger partial charge in [0.25, 0.3) is 0 Å². The number of Topliss-reactive ketones (excluding diaryl/α,β-unsaturated/α-hetero) is 1. The minimum absolute atomic E-state index is 0.0936. The predicted molar refractivity (Wildman–Crippen MR) is 140 cm³/mol. The van der Waals surface area contributed by atoms with Crippen LogP contribution < -0.4 is 4.90 Å². The van der Waals surface area contributed by atoms with Gasteiger partial charge in [-0.1, -0.05) is 83.9 Å². The molecule has 0 spiro atoms. The third-order valence-electron chi connectivity index (χ3n) is 7.90. The van der Waals surface area contributed by atoms with E-state index in [9.17, 15) is 14.4 Å². The van der Waals surface area contributed by atoms with Crippen molar-refractivity contribution in [3.8, 4) is 0 Å². The third kappa shape index (κ3) is 3.32. The lowest BCUT2D eigenvalue weighted by Gasteiger charge is -2.22. The number of rotatable bonds is 4. The van der Waals surface area contributed by atoms with Crippen LogP contribution in [0, 0.1) is 37.5 Å². The second-order valence-corrected chi connectivity index (χ2v) is 10.2. The molecule has 1 aliphatic heterocycles. The molecular formula is C32H27NO3. The second-order valence-electron chi connectivity index (χ2n) is 10.2. The number of benzene rings is 3. The molecule has 0 aromatic heterocycles. The maximum Gasteiger partial charge on any atom is 0.238 e. The van der Waals surface area contributed by atoms with Crippen molar-refractivity contribution in [2.45, 2.75) is 20.8 Å². The molecule has 3 aromatic rings. The van der Waals surface area contributed by atoms with Crippen LogP contribution in [0.3, 0.4) is 0 Å². The first-order chi connectivity index (χ1) is 17.3. The molecule has 1 saturated carbocycles. The number of amides is 2. The highest BCUT2D eigenvalue weighted by Crippen LogP contribution is 2.58. The van der Waals surface area contributed by atoms with E-state index in [-0.39, 0.29) is 29.4 Å². The van der Waals surface area contributed by atoms with E-state index in [1.54, 1.807) is 24.3 Å². The van der Waals surface area contributed by atoms with Gasteiger partial charge in [0.2, 0.25) is 11.8 Å². The number of imide groups is 1. The van der Waals surface area contributed by atoms with Gasteiger partial charge in [-0.25, -0.2) is 4.90 Å². The fourth-order valence-electron chi connectivity index (χ4n) is 6.16. The van der Waals surface area contributed by atoms with Crippen LogP contribution in [0.1, 0.15) is 39.5 Å². The maximum absolute atomic E-state index is 13.8. The van der Waals surface area contributed by atoms with E-state index in [2.05, 4.69) is 74.5 Å². The van der Waals surface area contributed by atoms with Gasteiger partial charge in [-0.15, -0.1) is 0 Å². The molecular weight excluding hydrogens is 446 g/mol. The summed E-state index contributed by atoms with van der Waals surface area (Å²) < 4.78 is 0. The number of anilines is 1. The molecule has 2 bridgehead atoms. The number of nitrogens with zero attached hydrogens (tertiary/aromatic N) is 1. The van der Waals surface area contributed by atoms with Gasteiger partial charge in [0.15, 0.2) is 5.78 Å². The van der Waals surface area contributed by atoms with Gasteiger partial charge in [0.1, 0.15) is 0 Å². The van der Waals surface area contributed by atoms with Crippen molar-refractivity contribution < 1.29 is 14.4 Å². The summed E-state index contributed by atoms with van der Waals surface area (Å²) >= 11 is 0. The maximum atomic E-state index is 13.8. The van der Waals surface area contributed by atoms with Crippen LogP contribution in [0.4, 0.5) is 5.69 Å². The summed E-state index contributed by atoms with van der Waals surface area (Å²) in [5.74, 6) is -1.54. The van der Waals surface area contributed by atoms with Crippen LogP contribution in [-0.2, 0) is 9.59 Å². The number of allylic oxidation sites excluding steroid dienone is 3. The lowest BCUT2D eigenvalue weighted by Crippen LogP contribution is -2.33. The first kappa shape index (κ1) is 22.4. The van der Waals surface area contributed by atoms with Crippen LogP contribution in [-0.4, -0.2) is 17.6 Å². The topological polar surface area (TPSA) is 54.5 Å². The zero-order chi connectivity index (χ0) is 25.1. The monoisotopic (exact) mass is 473 g/mol. The van der Waals surface area contributed by atoms with Gasteiger partial charge in [-0.2, -0.15) is 0 Å². The lowest BCUT2D eigenvalue weighted by atomic mass is 9.85. The number of fused-ring (bicyclic) bond motifs is 5. The molecule has 3 aromatic carbocycles. The molecule has 2 fully saturated rings. The van der Waals surface area contributed by atoms with E-state index in [4.69, 9.17) is 0 Å². The number of hydrogen-bond acceptors (Lipinski definition) is 3. The van der Waals surface area contributed by atoms with Crippen molar-refractivity contribution >= 4 is 28.9 Å². The summed E-state index contributed by atoms with van der Waals surface area (Å²) in [5, 5.41) is 0. The fraction of sp³-hybridized carbons (Fsp3) is 0.219. The van der Waals surface area contributed by atoms with Crippen molar-refractivity contribution in [1.82, 2.24) is 0 Å². The molecule has 178 valence electrons. The molecule has 1 heterocycles. The predicted octanol–water partition coefficient (Wildman–Crippen LogP) is 5.93. The number of carbonyl (C=O) groups is 3. The summed E-state index contributed by atoms with van der Waals surface area (Å²) in [4.78, 5) is 40.7. The Hall–Kier alpha value is -4.05. The van der Waals surface area contributed by atoms with Gasteiger partial charge >= 0.3 is 0 Å². The molecule has 0 unspecified atom stereocenters. The zero-order valence-electron chi connectivity index (χ0n) is 20.6. The SMILES string of the molecule is CC(=O)c1cccc(N2C(=O)[C@H]3[C@H](C2=O)[C@@H]2C=C[C@@H]3C2=C(c2ccc(C)cc2)c2ccc(C)cc2)c1. The van der Waals surface area contributed by atoms with Gasteiger partial charge in [0, 0.05) is 17.4 Å². The molecule has 4 atom stereocenters. The van der Waals surface area contributed by atoms with E-state index >= 15 is 0 Å². The largest absolute Gasteiger partial charge is 0.295 e. The van der Waals surface area contributed by atoms with E-state index in [0.717, 1.165) is 22.3 Å². The smallest absolute Gasteiger partial charge is 0.238 e. The molecule has 0 radical (unpaired) electrons. The molecule has 6 rings (SSSR count). The number of ketones is 1. The van der Waals surface area contributed by atoms with Crippen LogP contribution >= 0.6 is 0 Å². The quantitative estimate of drug-likeness (QED) is 0.268. The van der Waals surface area contributed by atoms with Crippen molar-refractivity contribution in [3.63, 3.8) is 0 Å². The second kappa shape index (κ2) is 8.27. The van der Waals surface area contributed by atoms with Crippen LogP contribution in [0.5, 0.6) is 0 Å². The lowest BCUT2D eigenvalue weighted by molar-refractivity contribution is -0.122. The molecule has 36 heavy (non-hydrogen) atoms. The van der Waals surface area contributed by atoms with Gasteiger partial charge in [-0.3, -0.25) is 14.4 Å². The molecule has 4 nitrogen and oxygen atoms in total. The highest BCUT2D eigenvalue weighted by molar-refractivity contribution is 6.23. The van der Waals surface area contributed by atoms with Crippen molar-refractivity contribution in [2.24, 2.45) is 23.7 Å². The Bertz CT molecular complexity index is 1400. The Morgan fingerprint density at radius 3 is 1.67 bits per heavy atom. The highest BCUT2D eigenvalue weighted by atomic mass is 16.2. The Kier molecular flexibility index (Phi) is 5.15. The fourth-order valence-corrected chi connectivity index (χ4v) is 6.16. The average Bonchev–Trinajstić information content (AvgIpc) is 3.50. The first-order valence-electron chi connectivity index (χ1n) is 12.4. The van der Waals surface area contributed by atoms with Crippen molar-refractivity contribution in [2.75, 3.05) is 4.90 Å².